The minimum Gasteiger partial charge on any atom is -0.507 e. The summed E-state index contributed by atoms with van der Waals surface area (Å²) < 4.78 is 0.705. The summed E-state index contributed by atoms with van der Waals surface area (Å²) in [6, 6.07) is 5.74. The van der Waals surface area contributed by atoms with E-state index in [1.807, 2.05) is 12.1 Å². The van der Waals surface area contributed by atoms with Crippen LogP contribution in [-0.4, -0.2) is 22.9 Å². The van der Waals surface area contributed by atoms with Gasteiger partial charge < -0.3 is 15.5 Å². The fourth-order valence-electron chi connectivity index (χ4n) is 1.87. The third-order valence-electron chi connectivity index (χ3n) is 3.03. The second-order valence-electron chi connectivity index (χ2n) is 5.60. The Hall–Kier alpha value is -0.580. The van der Waals surface area contributed by atoms with E-state index in [1.165, 1.54) is 0 Å². The first-order valence-electron chi connectivity index (χ1n) is 6.16. The molecule has 0 aromatic heterocycles. The molecule has 3 N–H and O–H groups in total. The van der Waals surface area contributed by atoms with Gasteiger partial charge in [0.2, 0.25) is 0 Å². The Morgan fingerprint density at radius 2 is 2.00 bits per heavy atom. The first-order valence-corrected chi connectivity index (χ1v) is 6.95. The van der Waals surface area contributed by atoms with E-state index in [9.17, 15) is 5.11 Å². The number of phenols is 1. The third kappa shape index (κ3) is 4.59. The number of halogens is 1. The van der Waals surface area contributed by atoms with Crippen LogP contribution in [0.1, 0.15) is 32.8 Å². The summed E-state index contributed by atoms with van der Waals surface area (Å²) in [5.41, 5.74) is 1.21. The number of aliphatic hydroxyl groups excluding tert-OH is 1. The SMILES string of the molecule is CC(C)(C)C(CCO)NCc1ccc(O)c(Br)c1. The molecule has 0 aliphatic rings. The number of rotatable bonds is 5. The average molecular weight is 316 g/mol. The molecule has 0 aliphatic heterocycles. The second-order valence-corrected chi connectivity index (χ2v) is 6.45. The van der Waals surface area contributed by atoms with Crippen molar-refractivity contribution in [3.05, 3.63) is 28.2 Å². The lowest BCUT2D eigenvalue weighted by atomic mass is 9.85. The zero-order valence-electron chi connectivity index (χ0n) is 11.2. The summed E-state index contributed by atoms with van der Waals surface area (Å²) in [4.78, 5) is 0. The number of benzene rings is 1. The molecule has 0 saturated carbocycles. The van der Waals surface area contributed by atoms with Gasteiger partial charge in [0.05, 0.1) is 4.47 Å². The first-order chi connectivity index (χ1) is 8.34. The van der Waals surface area contributed by atoms with Gasteiger partial charge in [0.25, 0.3) is 0 Å². The predicted molar refractivity (Wildman–Crippen MR) is 77.6 cm³/mol. The Bertz CT molecular complexity index is 388. The Morgan fingerprint density at radius 1 is 1.33 bits per heavy atom. The van der Waals surface area contributed by atoms with Crippen molar-refractivity contribution in [2.75, 3.05) is 6.61 Å². The molecule has 4 heteroatoms. The molecular formula is C14H22BrNO2. The summed E-state index contributed by atoms with van der Waals surface area (Å²) in [7, 11) is 0. The van der Waals surface area contributed by atoms with E-state index in [4.69, 9.17) is 5.11 Å². The molecule has 0 aliphatic carbocycles. The topological polar surface area (TPSA) is 52.5 Å². The lowest BCUT2D eigenvalue weighted by Gasteiger charge is -2.31. The molecule has 1 rings (SSSR count). The fraction of sp³-hybridized carbons (Fsp3) is 0.571. The van der Waals surface area contributed by atoms with Crippen LogP contribution in [0.3, 0.4) is 0 Å². The summed E-state index contributed by atoms with van der Waals surface area (Å²) in [6.45, 7) is 7.39. The van der Waals surface area contributed by atoms with E-state index in [0.717, 1.165) is 18.5 Å². The monoisotopic (exact) mass is 315 g/mol. The van der Waals surface area contributed by atoms with E-state index in [0.29, 0.717) is 4.47 Å². The normalized spacial score (nSPS) is 13.6. The second kappa shape index (κ2) is 6.55. The number of aliphatic hydroxyl groups is 1. The Balaban J connectivity index is 2.64. The van der Waals surface area contributed by atoms with Gasteiger partial charge in [-0.15, -0.1) is 0 Å². The standard InChI is InChI=1S/C14H22BrNO2/c1-14(2,3)13(6-7-17)16-9-10-4-5-12(18)11(15)8-10/h4-5,8,13,16-18H,6-7,9H2,1-3H3. The van der Waals surface area contributed by atoms with Crippen molar-refractivity contribution < 1.29 is 10.2 Å². The van der Waals surface area contributed by atoms with Crippen LogP contribution in [-0.2, 0) is 6.54 Å². The molecule has 0 fully saturated rings. The molecule has 0 radical (unpaired) electrons. The van der Waals surface area contributed by atoms with Crippen LogP contribution < -0.4 is 5.32 Å². The molecule has 1 aromatic rings. The van der Waals surface area contributed by atoms with Gasteiger partial charge in [0.1, 0.15) is 5.75 Å². The van der Waals surface area contributed by atoms with Crippen LogP contribution in [0.5, 0.6) is 5.75 Å². The highest BCUT2D eigenvalue weighted by Crippen LogP contribution is 2.25. The zero-order chi connectivity index (χ0) is 13.8. The van der Waals surface area contributed by atoms with Crippen molar-refractivity contribution in [3.63, 3.8) is 0 Å². The van der Waals surface area contributed by atoms with Crippen molar-refractivity contribution in [2.24, 2.45) is 5.41 Å². The van der Waals surface area contributed by atoms with E-state index in [-0.39, 0.29) is 23.8 Å². The van der Waals surface area contributed by atoms with Crippen LogP contribution >= 0.6 is 15.9 Å². The Morgan fingerprint density at radius 3 is 2.50 bits per heavy atom. The van der Waals surface area contributed by atoms with Gasteiger partial charge in [-0.05, 0) is 45.5 Å². The number of nitrogens with one attached hydrogen (secondary N) is 1. The van der Waals surface area contributed by atoms with Crippen molar-refractivity contribution in [1.29, 1.82) is 0 Å². The van der Waals surface area contributed by atoms with Gasteiger partial charge in [-0.2, -0.15) is 0 Å². The van der Waals surface area contributed by atoms with Crippen LogP contribution in [0.15, 0.2) is 22.7 Å². The minimum atomic E-state index is 0.108. The van der Waals surface area contributed by atoms with Crippen molar-refractivity contribution >= 4 is 15.9 Å². The van der Waals surface area contributed by atoms with Crippen LogP contribution in [0.25, 0.3) is 0 Å². The van der Waals surface area contributed by atoms with Gasteiger partial charge in [0, 0.05) is 19.2 Å². The predicted octanol–water partition coefficient (Wildman–Crippen LogP) is 3.04. The number of phenolic OH excluding ortho intramolecular Hbond substituents is 1. The van der Waals surface area contributed by atoms with Gasteiger partial charge >= 0.3 is 0 Å². The zero-order valence-corrected chi connectivity index (χ0v) is 12.8. The molecule has 1 aromatic carbocycles. The molecule has 102 valence electrons. The van der Waals surface area contributed by atoms with Gasteiger partial charge in [-0.3, -0.25) is 0 Å². The highest BCUT2D eigenvalue weighted by molar-refractivity contribution is 9.10. The van der Waals surface area contributed by atoms with Gasteiger partial charge in [-0.25, -0.2) is 0 Å². The number of hydrogen-bond acceptors (Lipinski definition) is 3. The molecule has 0 bridgehead atoms. The largest absolute Gasteiger partial charge is 0.507 e. The maximum atomic E-state index is 9.43. The van der Waals surface area contributed by atoms with Crippen molar-refractivity contribution in [1.82, 2.24) is 5.32 Å². The quantitative estimate of drug-likeness (QED) is 0.782. The minimum absolute atomic E-state index is 0.108. The highest BCUT2D eigenvalue weighted by atomic mass is 79.9. The first kappa shape index (κ1) is 15.5. The van der Waals surface area contributed by atoms with E-state index < -0.39 is 0 Å². The Kier molecular flexibility index (Phi) is 5.63. The molecule has 0 spiro atoms. The van der Waals surface area contributed by atoms with Crippen molar-refractivity contribution in [2.45, 2.75) is 39.8 Å². The molecule has 0 amide bonds. The lowest BCUT2D eigenvalue weighted by molar-refractivity contribution is 0.196. The maximum Gasteiger partial charge on any atom is 0.129 e. The van der Waals surface area contributed by atoms with E-state index >= 15 is 0 Å². The molecule has 0 heterocycles. The maximum absolute atomic E-state index is 9.43. The van der Waals surface area contributed by atoms with Crippen LogP contribution in [0.4, 0.5) is 0 Å². The molecule has 0 saturated heterocycles. The highest BCUT2D eigenvalue weighted by Gasteiger charge is 2.23. The molecule has 1 unspecified atom stereocenters. The summed E-state index contributed by atoms with van der Waals surface area (Å²) in [6.07, 6.45) is 0.739. The summed E-state index contributed by atoms with van der Waals surface area (Å²) in [5, 5.41) is 22.0. The number of hydrogen-bond donors (Lipinski definition) is 3. The molecular weight excluding hydrogens is 294 g/mol. The van der Waals surface area contributed by atoms with Crippen molar-refractivity contribution in [3.8, 4) is 5.75 Å². The van der Waals surface area contributed by atoms with E-state index in [2.05, 4.69) is 42.0 Å². The van der Waals surface area contributed by atoms with E-state index in [1.54, 1.807) is 6.07 Å². The Labute approximate surface area is 117 Å². The molecule has 1 atom stereocenters. The summed E-state index contributed by atoms with van der Waals surface area (Å²) in [5.74, 6) is 0.251. The summed E-state index contributed by atoms with van der Waals surface area (Å²) >= 11 is 3.31. The third-order valence-corrected chi connectivity index (χ3v) is 3.66. The smallest absolute Gasteiger partial charge is 0.129 e. The van der Waals surface area contributed by atoms with Gasteiger partial charge in [-0.1, -0.05) is 26.8 Å². The lowest BCUT2D eigenvalue weighted by Crippen LogP contribution is -2.40. The average Bonchev–Trinajstić information content (AvgIpc) is 2.27. The van der Waals surface area contributed by atoms with Gasteiger partial charge in [0.15, 0.2) is 0 Å². The van der Waals surface area contributed by atoms with Crippen LogP contribution in [0, 0.1) is 5.41 Å². The number of aromatic hydroxyl groups is 1. The molecule has 3 nitrogen and oxygen atoms in total. The molecule has 18 heavy (non-hydrogen) atoms. The fourth-order valence-corrected chi connectivity index (χ4v) is 2.30. The van der Waals surface area contributed by atoms with Crippen LogP contribution in [0.2, 0.25) is 0 Å².